The van der Waals surface area contributed by atoms with Crippen molar-refractivity contribution in [3.05, 3.63) is 35.0 Å². The molecule has 0 spiro atoms. The molecule has 0 atom stereocenters. The molecular weight excluding hydrogens is 223 g/mol. The lowest BCUT2D eigenvalue weighted by molar-refractivity contribution is -0.130. The fourth-order valence-corrected chi connectivity index (χ4v) is 2.81. The highest BCUT2D eigenvalue weighted by molar-refractivity contribution is 7.95. The molecule has 78 valence electrons. The summed E-state index contributed by atoms with van der Waals surface area (Å²) in [5.41, 5.74) is -0.494. The minimum Gasteiger partial charge on any atom is -0.478 e. The SMILES string of the molecule is O=C(O)C1=CS(=O)(=O)c2ccc(F)cc21. The molecule has 1 aromatic rings. The molecule has 1 aliphatic heterocycles. The molecule has 1 aromatic carbocycles. The molecule has 0 radical (unpaired) electrons. The Labute approximate surface area is 84.6 Å². The Kier molecular flexibility index (Phi) is 1.90. The molecule has 4 nitrogen and oxygen atoms in total. The molecule has 15 heavy (non-hydrogen) atoms. The molecule has 1 aliphatic rings. The monoisotopic (exact) mass is 228 g/mol. The third kappa shape index (κ3) is 1.42. The first-order valence-corrected chi connectivity index (χ1v) is 5.46. The van der Waals surface area contributed by atoms with Gasteiger partial charge in [0.1, 0.15) is 5.82 Å². The van der Waals surface area contributed by atoms with Crippen molar-refractivity contribution in [3.63, 3.8) is 0 Å². The lowest BCUT2D eigenvalue weighted by Gasteiger charge is -1.99. The van der Waals surface area contributed by atoms with E-state index in [0.717, 1.165) is 18.2 Å². The lowest BCUT2D eigenvalue weighted by atomic mass is 10.1. The standard InChI is InChI=1S/C9H5FO4S/c10-5-1-2-8-6(3-5)7(9(11)12)4-15(8,13)14/h1-4H,(H,11,12). The van der Waals surface area contributed by atoms with Crippen molar-refractivity contribution in [3.8, 4) is 0 Å². The predicted molar refractivity (Wildman–Crippen MR) is 49.2 cm³/mol. The zero-order chi connectivity index (χ0) is 11.2. The average Bonchev–Trinajstić information content (AvgIpc) is 2.38. The van der Waals surface area contributed by atoms with Gasteiger partial charge in [-0.1, -0.05) is 0 Å². The van der Waals surface area contributed by atoms with Gasteiger partial charge in [-0.25, -0.2) is 17.6 Å². The highest BCUT2D eigenvalue weighted by Gasteiger charge is 2.30. The van der Waals surface area contributed by atoms with Gasteiger partial charge in [0, 0.05) is 5.56 Å². The van der Waals surface area contributed by atoms with Crippen LogP contribution in [0.3, 0.4) is 0 Å². The van der Waals surface area contributed by atoms with E-state index >= 15 is 0 Å². The number of halogens is 1. The van der Waals surface area contributed by atoms with E-state index in [1.54, 1.807) is 0 Å². The zero-order valence-corrected chi connectivity index (χ0v) is 8.08. The summed E-state index contributed by atoms with van der Waals surface area (Å²) in [5.74, 6) is -2.05. The minimum atomic E-state index is -3.73. The predicted octanol–water partition coefficient (Wildman–Crippen LogP) is 1.04. The van der Waals surface area contributed by atoms with Crippen molar-refractivity contribution in [1.82, 2.24) is 0 Å². The second-order valence-electron chi connectivity index (χ2n) is 3.02. The van der Waals surface area contributed by atoms with Crippen LogP contribution in [0.15, 0.2) is 28.5 Å². The number of carbonyl (C=O) groups is 1. The maximum atomic E-state index is 12.8. The minimum absolute atomic E-state index is 0.0949. The summed E-state index contributed by atoms with van der Waals surface area (Å²) in [6.07, 6.45) is 0. The third-order valence-electron chi connectivity index (χ3n) is 2.04. The van der Waals surface area contributed by atoms with Gasteiger partial charge in [-0.2, -0.15) is 0 Å². The molecule has 1 N–H and O–H groups in total. The molecule has 1 heterocycles. The number of carboxylic acids is 1. The number of rotatable bonds is 1. The summed E-state index contributed by atoms with van der Waals surface area (Å²) in [6, 6.07) is 2.95. The Hall–Kier alpha value is -1.69. The Morgan fingerprint density at radius 1 is 1.33 bits per heavy atom. The molecule has 0 amide bonds. The Morgan fingerprint density at radius 2 is 2.00 bits per heavy atom. The number of carboxylic acid groups (broad SMARTS) is 1. The maximum Gasteiger partial charge on any atom is 0.337 e. The first-order valence-electron chi connectivity index (χ1n) is 3.92. The van der Waals surface area contributed by atoms with E-state index < -0.39 is 27.2 Å². The highest BCUT2D eigenvalue weighted by Crippen LogP contribution is 2.33. The van der Waals surface area contributed by atoms with Crippen molar-refractivity contribution in [2.75, 3.05) is 0 Å². The van der Waals surface area contributed by atoms with Crippen molar-refractivity contribution < 1.29 is 22.7 Å². The summed E-state index contributed by atoms with van der Waals surface area (Å²) in [7, 11) is -3.73. The molecule has 2 rings (SSSR count). The van der Waals surface area contributed by atoms with Crippen molar-refractivity contribution in [2.24, 2.45) is 0 Å². The topological polar surface area (TPSA) is 71.4 Å². The van der Waals surface area contributed by atoms with Gasteiger partial charge in [0.15, 0.2) is 0 Å². The van der Waals surface area contributed by atoms with Gasteiger partial charge in [-0.3, -0.25) is 0 Å². The average molecular weight is 228 g/mol. The molecule has 6 heteroatoms. The van der Waals surface area contributed by atoms with Gasteiger partial charge in [-0.05, 0) is 18.2 Å². The molecular formula is C9H5FO4S. The maximum absolute atomic E-state index is 12.8. The van der Waals surface area contributed by atoms with Crippen molar-refractivity contribution >= 4 is 21.4 Å². The second kappa shape index (κ2) is 2.90. The molecule has 0 saturated heterocycles. The Bertz CT molecular complexity index is 586. The number of aliphatic carboxylic acids is 1. The van der Waals surface area contributed by atoms with E-state index in [1.165, 1.54) is 0 Å². The Morgan fingerprint density at radius 3 is 2.60 bits per heavy atom. The number of hydrogen-bond donors (Lipinski definition) is 1. The van der Waals surface area contributed by atoms with Crippen LogP contribution >= 0.6 is 0 Å². The van der Waals surface area contributed by atoms with Crippen LogP contribution in [0.4, 0.5) is 4.39 Å². The molecule has 0 bridgehead atoms. The van der Waals surface area contributed by atoms with Crippen LogP contribution in [0.2, 0.25) is 0 Å². The van der Waals surface area contributed by atoms with E-state index in [4.69, 9.17) is 5.11 Å². The lowest BCUT2D eigenvalue weighted by Crippen LogP contribution is -1.98. The van der Waals surface area contributed by atoms with Crippen LogP contribution in [0.5, 0.6) is 0 Å². The van der Waals surface area contributed by atoms with Crippen LogP contribution in [0, 0.1) is 5.82 Å². The second-order valence-corrected chi connectivity index (χ2v) is 4.79. The summed E-state index contributed by atoms with van der Waals surface area (Å²) in [4.78, 5) is 10.5. The van der Waals surface area contributed by atoms with E-state index in [0.29, 0.717) is 5.41 Å². The van der Waals surface area contributed by atoms with Gasteiger partial charge < -0.3 is 5.11 Å². The molecule has 0 aromatic heterocycles. The largest absolute Gasteiger partial charge is 0.478 e. The zero-order valence-electron chi connectivity index (χ0n) is 7.27. The summed E-state index contributed by atoms with van der Waals surface area (Å²) in [6.45, 7) is 0. The van der Waals surface area contributed by atoms with Gasteiger partial charge in [0.05, 0.1) is 15.9 Å². The first kappa shape index (κ1) is 9.85. The van der Waals surface area contributed by atoms with Gasteiger partial charge in [-0.15, -0.1) is 0 Å². The van der Waals surface area contributed by atoms with Crippen LogP contribution in [-0.4, -0.2) is 19.5 Å². The third-order valence-corrected chi connectivity index (χ3v) is 3.56. The van der Waals surface area contributed by atoms with Crippen molar-refractivity contribution in [1.29, 1.82) is 0 Å². The number of fused-ring (bicyclic) bond motifs is 1. The Balaban J connectivity index is 2.80. The van der Waals surface area contributed by atoms with Crippen LogP contribution in [0.25, 0.3) is 5.57 Å². The highest BCUT2D eigenvalue weighted by atomic mass is 32.2. The van der Waals surface area contributed by atoms with E-state index in [1.807, 2.05) is 0 Å². The summed E-state index contributed by atoms with van der Waals surface area (Å²) >= 11 is 0. The number of hydrogen-bond acceptors (Lipinski definition) is 3. The fraction of sp³-hybridized carbons (Fsp3) is 0. The molecule has 0 unspecified atom stereocenters. The van der Waals surface area contributed by atoms with Gasteiger partial charge >= 0.3 is 5.97 Å². The van der Waals surface area contributed by atoms with Crippen LogP contribution < -0.4 is 0 Å². The number of benzene rings is 1. The van der Waals surface area contributed by atoms with Gasteiger partial charge in [0.25, 0.3) is 0 Å². The molecule has 0 aliphatic carbocycles. The number of sulfone groups is 1. The molecule has 0 fully saturated rings. The molecule has 0 saturated carbocycles. The van der Waals surface area contributed by atoms with E-state index in [-0.39, 0.29) is 10.5 Å². The van der Waals surface area contributed by atoms with Crippen molar-refractivity contribution in [2.45, 2.75) is 4.90 Å². The van der Waals surface area contributed by atoms with Crippen LogP contribution in [0.1, 0.15) is 5.56 Å². The first-order chi connectivity index (χ1) is 6.92. The smallest absolute Gasteiger partial charge is 0.337 e. The van der Waals surface area contributed by atoms with Gasteiger partial charge in [0.2, 0.25) is 9.84 Å². The van der Waals surface area contributed by atoms with E-state index in [2.05, 4.69) is 0 Å². The van der Waals surface area contributed by atoms with E-state index in [9.17, 15) is 17.6 Å². The normalized spacial score (nSPS) is 17.0. The quantitative estimate of drug-likeness (QED) is 0.729. The summed E-state index contributed by atoms with van der Waals surface area (Å²) < 4.78 is 35.7. The summed E-state index contributed by atoms with van der Waals surface area (Å²) in [5, 5.41) is 9.37. The fourth-order valence-electron chi connectivity index (χ4n) is 1.41. The van der Waals surface area contributed by atoms with Crippen LogP contribution in [-0.2, 0) is 14.6 Å².